The number of carbonyl (C=O) groups excluding carboxylic acids is 1. The molecule has 0 aliphatic rings. The molecule has 0 unspecified atom stereocenters. The smallest absolute Gasteiger partial charge is 0.303 e. The normalized spacial score (nSPS) is 10.3. The third kappa shape index (κ3) is 12.6. The zero-order chi connectivity index (χ0) is 28.5. The van der Waals surface area contributed by atoms with E-state index in [1.54, 1.807) is 30.3 Å². The number of nitrogens with two attached hydrogens (primary N) is 1. The topological polar surface area (TPSA) is 135 Å². The summed E-state index contributed by atoms with van der Waals surface area (Å²) in [6.45, 7) is 6.89. The zero-order valence-corrected chi connectivity index (χ0v) is 24.5. The lowest BCUT2D eigenvalue weighted by Crippen LogP contribution is -2.32. The molecule has 2 rings (SSSR count). The van der Waals surface area contributed by atoms with Crippen LogP contribution >= 0.6 is 12.4 Å². The zero-order valence-electron chi connectivity index (χ0n) is 23.7. The lowest BCUT2D eigenvalue weighted by Gasteiger charge is -2.23. The molecule has 1 amide bonds. The van der Waals surface area contributed by atoms with Gasteiger partial charge in [-0.15, -0.1) is 12.4 Å². The molecular formula is C30H44ClN3O6. The standard InChI is InChI=1S/C30H43N3O6.ClH/c1-3-17-33(18-4-2)30(36)26-16-15-25(22-27(26)39-21-9-6-10-28(34)35)38-20-8-5-7-19-37-24-13-11-23(12-14-24)29(31)32;/h11-16,22H,3-10,17-21H2,1-2H3,(H3,31,32)(H,34,35);1H. The van der Waals surface area contributed by atoms with Crippen LogP contribution in [-0.2, 0) is 4.79 Å². The summed E-state index contributed by atoms with van der Waals surface area (Å²) in [5.74, 6) is 0.985. The van der Waals surface area contributed by atoms with Crippen molar-refractivity contribution in [2.45, 2.75) is 65.2 Å². The predicted molar refractivity (Wildman–Crippen MR) is 159 cm³/mol. The van der Waals surface area contributed by atoms with Gasteiger partial charge in [-0.05, 0) is 81.3 Å². The fourth-order valence-corrected chi connectivity index (χ4v) is 3.97. The van der Waals surface area contributed by atoms with Crippen LogP contribution < -0.4 is 19.9 Å². The molecule has 2 aromatic carbocycles. The largest absolute Gasteiger partial charge is 0.494 e. The Kier molecular flexibility index (Phi) is 16.9. The van der Waals surface area contributed by atoms with Crippen molar-refractivity contribution >= 4 is 30.1 Å². The van der Waals surface area contributed by atoms with Crippen molar-refractivity contribution in [2.24, 2.45) is 5.73 Å². The molecule has 2 aromatic rings. The molecule has 0 bridgehead atoms. The first kappa shape index (κ1) is 34.6. The average Bonchev–Trinajstić information content (AvgIpc) is 2.92. The van der Waals surface area contributed by atoms with Crippen molar-refractivity contribution in [3.63, 3.8) is 0 Å². The van der Waals surface area contributed by atoms with Gasteiger partial charge in [-0.3, -0.25) is 15.0 Å². The second kappa shape index (κ2) is 19.6. The number of hydrogen-bond acceptors (Lipinski definition) is 6. The van der Waals surface area contributed by atoms with E-state index < -0.39 is 5.97 Å². The van der Waals surface area contributed by atoms with Crippen LogP contribution in [-0.4, -0.2) is 60.6 Å². The number of rotatable bonds is 20. The molecule has 10 heteroatoms. The van der Waals surface area contributed by atoms with E-state index in [-0.39, 0.29) is 30.6 Å². The Balaban J connectivity index is 0.00000800. The summed E-state index contributed by atoms with van der Waals surface area (Å²) in [7, 11) is 0. The van der Waals surface area contributed by atoms with Crippen molar-refractivity contribution < 1.29 is 28.9 Å². The second-order valence-electron chi connectivity index (χ2n) is 9.35. The number of halogens is 1. The van der Waals surface area contributed by atoms with Gasteiger partial charge in [0.05, 0.1) is 25.4 Å². The van der Waals surface area contributed by atoms with Crippen LogP contribution in [0.25, 0.3) is 0 Å². The third-order valence-corrected chi connectivity index (χ3v) is 5.99. The van der Waals surface area contributed by atoms with Crippen LogP contribution in [0, 0.1) is 5.41 Å². The predicted octanol–water partition coefficient (Wildman–Crippen LogP) is 5.92. The highest BCUT2D eigenvalue weighted by Gasteiger charge is 2.20. The van der Waals surface area contributed by atoms with Gasteiger partial charge >= 0.3 is 5.97 Å². The van der Waals surface area contributed by atoms with E-state index in [2.05, 4.69) is 0 Å². The van der Waals surface area contributed by atoms with E-state index in [0.717, 1.165) is 37.9 Å². The number of nitrogen functional groups attached to an aromatic ring is 1. The van der Waals surface area contributed by atoms with Gasteiger partial charge in [0.2, 0.25) is 0 Å². The quantitative estimate of drug-likeness (QED) is 0.101. The molecule has 9 nitrogen and oxygen atoms in total. The van der Waals surface area contributed by atoms with E-state index in [1.807, 2.05) is 30.9 Å². The van der Waals surface area contributed by atoms with Gasteiger partial charge in [-0.2, -0.15) is 0 Å². The lowest BCUT2D eigenvalue weighted by molar-refractivity contribution is -0.137. The number of amidine groups is 1. The summed E-state index contributed by atoms with van der Waals surface area (Å²) < 4.78 is 17.6. The molecule has 0 aliphatic carbocycles. The van der Waals surface area contributed by atoms with Gasteiger partial charge in [-0.25, -0.2) is 0 Å². The Morgan fingerprint density at radius 1 is 0.825 bits per heavy atom. The first-order valence-corrected chi connectivity index (χ1v) is 13.8. The fourth-order valence-electron chi connectivity index (χ4n) is 3.97. The van der Waals surface area contributed by atoms with E-state index in [9.17, 15) is 9.59 Å². The molecule has 0 aromatic heterocycles. The van der Waals surface area contributed by atoms with Gasteiger partial charge in [0.1, 0.15) is 23.1 Å². The minimum Gasteiger partial charge on any atom is -0.494 e. The van der Waals surface area contributed by atoms with E-state index in [4.69, 9.17) is 30.5 Å². The number of carbonyl (C=O) groups is 2. The molecule has 0 radical (unpaired) electrons. The highest BCUT2D eigenvalue weighted by Crippen LogP contribution is 2.27. The monoisotopic (exact) mass is 577 g/mol. The molecule has 0 heterocycles. The number of nitrogens with one attached hydrogen (secondary N) is 1. The second-order valence-corrected chi connectivity index (χ2v) is 9.35. The van der Waals surface area contributed by atoms with Crippen molar-refractivity contribution in [2.75, 3.05) is 32.9 Å². The molecule has 0 atom stereocenters. The van der Waals surface area contributed by atoms with Gasteiger partial charge in [-0.1, -0.05) is 13.8 Å². The number of amides is 1. The van der Waals surface area contributed by atoms with Crippen LogP contribution in [0.1, 0.15) is 81.1 Å². The van der Waals surface area contributed by atoms with Crippen LogP contribution in [0.3, 0.4) is 0 Å². The first-order chi connectivity index (χ1) is 18.8. The van der Waals surface area contributed by atoms with Crippen molar-refractivity contribution in [3.05, 3.63) is 53.6 Å². The molecule has 0 spiro atoms. The molecule has 222 valence electrons. The number of benzene rings is 2. The summed E-state index contributed by atoms with van der Waals surface area (Å²) >= 11 is 0. The summed E-state index contributed by atoms with van der Waals surface area (Å²) in [5.41, 5.74) is 6.63. The minimum absolute atomic E-state index is 0. The summed E-state index contributed by atoms with van der Waals surface area (Å²) in [4.78, 5) is 25.9. The van der Waals surface area contributed by atoms with E-state index >= 15 is 0 Å². The van der Waals surface area contributed by atoms with Gasteiger partial charge < -0.3 is 30.0 Å². The number of aliphatic carboxylic acids is 1. The van der Waals surface area contributed by atoms with Gasteiger partial charge in [0.25, 0.3) is 5.91 Å². The summed E-state index contributed by atoms with van der Waals surface area (Å²) in [6.07, 6.45) is 5.58. The number of hydrogen-bond donors (Lipinski definition) is 3. The van der Waals surface area contributed by atoms with Gasteiger partial charge in [0.15, 0.2) is 0 Å². The van der Waals surface area contributed by atoms with E-state index in [0.29, 0.717) is 68.4 Å². The first-order valence-electron chi connectivity index (χ1n) is 13.8. The number of carboxylic acids is 1. The van der Waals surface area contributed by atoms with E-state index in [1.165, 1.54) is 0 Å². The number of nitrogens with zero attached hydrogens (tertiary/aromatic N) is 1. The maximum Gasteiger partial charge on any atom is 0.303 e. The summed E-state index contributed by atoms with van der Waals surface area (Å²) in [6, 6.07) is 12.5. The highest BCUT2D eigenvalue weighted by atomic mass is 35.5. The van der Waals surface area contributed by atoms with Crippen LogP contribution in [0.4, 0.5) is 0 Å². The summed E-state index contributed by atoms with van der Waals surface area (Å²) in [5, 5.41) is 16.3. The Hall–Kier alpha value is -3.46. The molecule has 0 saturated heterocycles. The number of ether oxygens (including phenoxy) is 3. The fraction of sp³-hybridized carbons (Fsp3) is 0.500. The number of unbranched alkanes of at least 4 members (excludes halogenated alkanes) is 3. The lowest BCUT2D eigenvalue weighted by atomic mass is 10.1. The van der Waals surface area contributed by atoms with Gasteiger partial charge in [0, 0.05) is 31.1 Å². The van der Waals surface area contributed by atoms with Crippen molar-refractivity contribution in [1.82, 2.24) is 4.90 Å². The molecular weight excluding hydrogens is 534 g/mol. The SMILES string of the molecule is CCCN(CCC)C(=O)c1ccc(OCCCCCOc2ccc(C(=N)N)cc2)cc1OCCCCC(=O)O.Cl. The molecule has 0 saturated carbocycles. The Labute approximate surface area is 243 Å². The Bertz CT molecular complexity index is 1040. The molecule has 0 fully saturated rings. The van der Waals surface area contributed by atoms with Crippen LogP contribution in [0.15, 0.2) is 42.5 Å². The third-order valence-electron chi connectivity index (χ3n) is 5.99. The minimum atomic E-state index is -0.828. The maximum absolute atomic E-state index is 13.2. The number of carboxylic acid groups (broad SMARTS) is 1. The van der Waals surface area contributed by atoms with Crippen LogP contribution in [0.2, 0.25) is 0 Å². The van der Waals surface area contributed by atoms with Crippen molar-refractivity contribution in [1.29, 1.82) is 5.41 Å². The van der Waals surface area contributed by atoms with Crippen molar-refractivity contribution in [3.8, 4) is 17.2 Å². The maximum atomic E-state index is 13.2. The Morgan fingerprint density at radius 3 is 1.95 bits per heavy atom. The molecule has 0 aliphatic heterocycles. The highest BCUT2D eigenvalue weighted by molar-refractivity contribution is 5.97. The van der Waals surface area contributed by atoms with Crippen LogP contribution in [0.5, 0.6) is 17.2 Å². The average molecular weight is 578 g/mol. The molecule has 4 N–H and O–H groups in total. The Morgan fingerprint density at radius 2 is 1.38 bits per heavy atom. The molecule has 40 heavy (non-hydrogen) atoms.